The molecule has 2 heterocycles. The standard InChI is InChI=1S/C25H30N4O/c1-18-6-4-5-7-22(18)25-23-16-28(13-20-10-8-19(12-26)9-11-20)14-21(23)15-29(25)24(30)17-27(2)3/h4-11,21,23,25H,13-17H2,1-3H3/t21-,23-,25+/m1/s1. The number of benzene rings is 2. The van der Waals surface area contributed by atoms with Gasteiger partial charge in [0, 0.05) is 32.1 Å². The highest BCUT2D eigenvalue weighted by Gasteiger charge is 2.49. The van der Waals surface area contributed by atoms with Crippen LogP contribution in [0.5, 0.6) is 0 Å². The van der Waals surface area contributed by atoms with Crippen molar-refractivity contribution in [3.63, 3.8) is 0 Å². The number of rotatable bonds is 5. The number of aryl methyl sites for hydroxylation is 1. The Bertz CT molecular complexity index is 946. The molecule has 1 amide bonds. The molecule has 2 aromatic rings. The number of amides is 1. The molecule has 156 valence electrons. The first-order valence-corrected chi connectivity index (χ1v) is 10.7. The zero-order valence-corrected chi connectivity index (χ0v) is 18.1. The molecule has 0 radical (unpaired) electrons. The lowest BCUT2D eigenvalue weighted by atomic mass is 9.87. The quantitative estimate of drug-likeness (QED) is 0.771. The fourth-order valence-corrected chi connectivity index (χ4v) is 5.14. The molecule has 2 saturated heterocycles. The first-order valence-electron chi connectivity index (χ1n) is 10.7. The molecule has 4 rings (SSSR count). The summed E-state index contributed by atoms with van der Waals surface area (Å²) in [7, 11) is 3.91. The number of nitriles is 1. The van der Waals surface area contributed by atoms with E-state index in [1.54, 1.807) is 0 Å². The molecule has 0 unspecified atom stereocenters. The van der Waals surface area contributed by atoms with Gasteiger partial charge in [-0.25, -0.2) is 0 Å². The summed E-state index contributed by atoms with van der Waals surface area (Å²) in [5, 5.41) is 9.01. The summed E-state index contributed by atoms with van der Waals surface area (Å²) in [4.78, 5) is 19.7. The van der Waals surface area contributed by atoms with Gasteiger partial charge in [-0.05, 0) is 55.8 Å². The maximum absolute atomic E-state index is 13.1. The summed E-state index contributed by atoms with van der Waals surface area (Å²) in [6.07, 6.45) is 0. The Labute approximate surface area is 179 Å². The van der Waals surface area contributed by atoms with Crippen molar-refractivity contribution in [2.45, 2.75) is 19.5 Å². The summed E-state index contributed by atoms with van der Waals surface area (Å²) >= 11 is 0. The first kappa shape index (κ1) is 20.6. The van der Waals surface area contributed by atoms with Gasteiger partial charge in [-0.15, -0.1) is 0 Å². The Morgan fingerprint density at radius 3 is 2.50 bits per heavy atom. The Balaban J connectivity index is 1.54. The average Bonchev–Trinajstić information content (AvgIpc) is 3.26. The van der Waals surface area contributed by atoms with Crippen LogP contribution >= 0.6 is 0 Å². The van der Waals surface area contributed by atoms with Crippen LogP contribution in [0.4, 0.5) is 0 Å². The van der Waals surface area contributed by atoms with Crippen LogP contribution in [0.3, 0.4) is 0 Å². The van der Waals surface area contributed by atoms with Crippen molar-refractivity contribution in [2.24, 2.45) is 11.8 Å². The average molecular weight is 403 g/mol. The van der Waals surface area contributed by atoms with Crippen LogP contribution in [0.1, 0.15) is 28.3 Å². The summed E-state index contributed by atoms with van der Waals surface area (Å²) in [5.74, 6) is 1.18. The van der Waals surface area contributed by atoms with E-state index in [0.717, 1.165) is 26.2 Å². The highest BCUT2D eigenvalue weighted by molar-refractivity contribution is 5.79. The first-order chi connectivity index (χ1) is 14.5. The second-order valence-electron chi connectivity index (χ2n) is 9.01. The van der Waals surface area contributed by atoms with Crippen LogP contribution in [0.2, 0.25) is 0 Å². The molecule has 2 aliphatic heterocycles. The van der Waals surface area contributed by atoms with Crippen molar-refractivity contribution in [2.75, 3.05) is 40.3 Å². The van der Waals surface area contributed by atoms with Crippen molar-refractivity contribution in [1.82, 2.24) is 14.7 Å². The molecule has 0 aromatic heterocycles. The zero-order chi connectivity index (χ0) is 21.3. The minimum Gasteiger partial charge on any atom is -0.334 e. The predicted octanol–water partition coefficient (Wildman–Crippen LogP) is 3.06. The number of nitrogens with zero attached hydrogens (tertiary/aromatic N) is 4. The van der Waals surface area contributed by atoms with Gasteiger partial charge >= 0.3 is 0 Å². The van der Waals surface area contributed by atoms with Crippen LogP contribution in [-0.4, -0.2) is 60.9 Å². The van der Waals surface area contributed by atoms with Crippen LogP contribution < -0.4 is 0 Å². The lowest BCUT2D eigenvalue weighted by molar-refractivity contribution is -0.133. The highest BCUT2D eigenvalue weighted by Crippen LogP contribution is 2.46. The van der Waals surface area contributed by atoms with E-state index >= 15 is 0 Å². The molecule has 2 aliphatic rings. The molecule has 0 saturated carbocycles. The van der Waals surface area contributed by atoms with Gasteiger partial charge in [0.25, 0.3) is 0 Å². The van der Waals surface area contributed by atoms with Crippen molar-refractivity contribution in [3.05, 3.63) is 70.8 Å². The van der Waals surface area contributed by atoms with E-state index in [1.807, 2.05) is 31.1 Å². The van der Waals surface area contributed by atoms with Crippen molar-refractivity contribution < 1.29 is 4.79 Å². The SMILES string of the molecule is Cc1ccccc1[C@H]1[C@@H]2CN(Cc3ccc(C#N)cc3)C[C@@H]2CN1C(=O)CN(C)C. The number of hydrogen-bond acceptors (Lipinski definition) is 4. The Morgan fingerprint density at radius 2 is 1.83 bits per heavy atom. The summed E-state index contributed by atoms with van der Waals surface area (Å²) in [5.41, 5.74) is 4.49. The number of likely N-dealkylation sites (N-methyl/N-ethyl adjacent to an activating group) is 1. The molecule has 2 aromatic carbocycles. The summed E-state index contributed by atoms with van der Waals surface area (Å²) < 4.78 is 0. The molecule has 3 atom stereocenters. The second-order valence-corrected chi connectivity index (χ2v) is 9.01. The van der Waals surface area contributed by atoms with Crippen LogP contribution in [-0.2, 0) is 11.3 Å². The lowest BCUT2D eigenvalue weighted by Gasteiger charge is -2.31. The molecule has 0 aliphatic carbocycles. The van der Waals surface area contributed by atoms with E-state index in [-0.39, 0.29) is 11.9 Å². The van der Waals surface area contributed by atoms with Crippen molar-refractivity contribution >= 4 is 5.91 Å². The normalized spacial score (nSPS) is 23.6. The van der Waals surface area contributed by atoms with Crippen molar-refractivity contribution in [1.29, 1.82) is 5.26 Å². The van der Waals surface area contributed by atoms with E-state index in [2.05, 4.69) is 59.2 Å². The molecule has 0 bridgehead atoms. The molecular formula is C25H30N4O. The maximum atomic E-state index is 13.1. The Hall–Kier alpha value is -2.68. The maximum Gasteiger partial charge on any atom is 0.237 e. The third kappa shape index (κ3) is 4.12. The van der Waals surface area contributed by atoms with Gasteiger partial charge in [0.1, 0.15) is 0 Å². The van der Waals surface area contributed by atoms with Gasteiger partial charge in [0.2, 0.25) is 5.91 Å². The fourth-order valence-electron chi connectivity index (χ4n) is 5.14. The van der Waals surface area contributed by atoms with E-state index in [1.165, 1.54) is 16.7 Å². The largest absolute Gasteiger partial charge is 0.334 e. The molecule has 5 nitrogen and oxygen atoms in total. The number of hydrogen-bond donors (Lipinski definition) is 0. The summed E-state index contributed by atoms with van der Waals surface area (Å²) in [6, 6.07) is 18.7. The molecule has 0 N–H and O–H groups in total. The van der Waals surface area contributed by atoms with E-state index < -0.39 is 0 Å². The van der Waals surface area contributed by atoms with Gasteiger partial charge in [-0.3, -0.25) is 9.69 Å². The number of carbonyl (C=O) groups is 1. The van der Waals surface area contributed by atoms with E-state index in [9.17, 15) is 4.79 Å². The Morgan fingerprint density at radius 1 is 1.10 bits per heavy atom. The molecule has 30 heavy (non-hydrogen) atoms. The lowest BCUT2D eigenvalue weighted by Crippen LogP contribution is -2.40. The van der Waals surface area contributed by atoms with Gasteiger partial charge < -0.3 is 9.80 Å². The monoisotopic (exact) mass is 402 g/mol. The minimum atomic E-state index is 0.148. The third-order valence-electron chi connectivity index (χ3n) is 6.51. The van der Waals surface area contributed by atoms with Crippen LogP contribution in [0.15, 0.2) is 48.5 Å². The third-order valence-corrected chi connectivity index (χ3v) is 6.51. The van der Waals surface area contributed by atoms with Crippen LogP contribution in [0, 0.1) is 30.1 Å². The fraction of sp³-hybridized carbons (Fsp3) is 0.440. The molecule has 2 fully saturated rings. The number of fused-ring (bicyclic) bond motifs is 1. The second kappa shape index (κ2) is 8.59. The highest BCUT2D eigenvalue weighted by atomic mass is 16.2. The van der Waals surface area contributed by atoms with Crippen molar-refractivity contribution in [3.8, 4) is 6.07 Å². The Kier molecular flexibility index (Phi) is 5.90. The van der Waals surface area contributed by atoms with E-state index in [4.69, 9.17) is 5.26 Å². The smallest absolute Gasteiger partial charge is 0.237 e. The van der Waals surface area contributed by atoms with Gasteiger partial charge in [-0.2, -0.15) is 5.26 Å². The molecular weight excluding hydrogens is 372 g/mol. The van der Waals surface area contributed by atoms with Crippen LogP contribution in [0.25, 0.3) is 0 Å². The van der Waals surface area contributed by atoms with Gasteiger partial charge in [0.05, 0.1) is 24.2 Å². The zero-order valence-electron chi connectivity index (χ0n) is 18.1. The molecule has 5 heteroatoms. The van der Waals surface area contributed by atoms with Gasteiger partial charge in [0.15, 0.2) is 0 Å². The minimum absolute atomic E-state index is 0.148. The topological polar surface area (TPSA) is 50.6 Å². The van der Waals surface area contributed by atoms with Gasteiger partial charge in [-0.1, -0.05) is 36.4 Å². The predicted molar refractivity (Wildman–Crippen MR) is 118 cm³/mol. The number of likely N-dealkylation sites (tertiary alicyclic amines) is 2. The number of carbonyl (C=O) groups excluding carboxylic acids is 1. The molecule has 0 spiro atoms. The van der Waals surface area contributed by atoms with E-state index in [0.29, 0.717) is 23.9 Å². The summed E-state index contributed by atoms with van der Waals surface area (Å²) in [6.45, 7) is 6.34.